The summed E-state index contributed by atoms with van der Waals surface area (Å²) in [7, 11) is 1.37. The average Bonchev–Trinajstić information content (AvgIpc) is 2.98. The Labute approximate surface area is 135 Å². The number of ketones is 1. The van der Waals surface area contributed by atoms with Gasteiger partial charge in [-0.15, -0.1) is 16.8 Å². The van der Waals surface area contributed by atoms with Crippen LogP contribution in [0, 0.1) is 5.82 Å². The highest BCUT2D eigenvalue weighted by atomic mass is 32.2. The molecule has 2 rings (SSSR count). The first-order valence-corrected chi connectivity index (χ1v) is 8.12. The Kier molecular flexibility index (Phi) is 5.91. The van der Waals surface area contributed by atoms with Crippen molar-refractivity contribution in [3.05, 3.63) is 42.2 Å². The van der Waals surface area contributed by atoms with Crippen LogP contribution in [0.2, 0.25) is 0 Å². The van der Waals surface area contributed by atoms with Gasteiger partial charge in [-0.1, -0.05) is 29.2 Å². The number of aromatic nitrogens is 2. The maximum Gasteiger partial charge on any atom is 0.206 e. The number of halogens is 1. The van der Waals surface area contributed by atoms with Gasteiger partial charge < -0.3 is 10.1 Å². The average molecular weight is 339 g/mol. The number of carbonyl (C=O) groups excluding carboxylic acids is 1. The number of anilines is 1. The molecule has 0 radical (unpaired) electrons. The maximum atomic E-state index is 13.6. The molecule has 0 saturated carbocycles. The van der Waals surface area contributed by atoms with Gasteiger partial charge in [0.15, 0.2) is 21.7 Å². The highest BCUT2D eigenvalue weighted by Gasteiger charge is 2.11. The minimum atomic E-state index is -0.563. The van der Waals surface area contributed by atoms with Gasteiger partial charge in [-0.2, -0.15) is 0 Å². The van der Waals surface area contributed by atoms with E-state index < -0.39 is 5.82 Å². The summed E-state index contributed by atoms with van der Waals surface area (Å²) in [6, 6.07) is 4.11. The lowest BCUT2D eigenvalue weighted by Gasteiger charge is -2.05. The molecule has 116 valence electrons. The van der Waals surface area contributed by atoms with E-state index in [9.17, 15) is 9.18 Å². The molecule has 1 N–H and O–H groups in total. The Balaban J connectivity index is 1.93. The van der Waals surface area contributed by atoms with Gasteiger partial charge in [0.05, 0.1) is 13.7 Å². The van der Waals surface area contributed by atoms with E-state index in [4.69, 9.17) is 4.74 Å². The number of nitrogens with one attached hydrogen (secondary N) is 1. The summed E-state index contributed by atoms with van der Waals surface area (Å²) >= 11 is 2.87. The number of hydrogen-bond acceptors (Lipinski definition) is 7. The second kappa shape index (κ2) is 7.90. The standard InChI is InChI=1S/C14H14FN3O2S2/c1-3-6-21-14-18-17-13(22-14)16-8-11(19)9-4-5-12(20-2)10(15)7-9/h3-5,7H,1,6,8H2,2H3,(H,16,17). The number of nitrogens with zero attached hydrogens (tertiary/aromatic N) is 2. The van der Waals surface area contributed by atoms with Crippen LogP contribution in [0.3, 0.4) is 0 Å². The SMILES string of the molecule is C=CCSc1nnc(NCC(=O)c2ccc(OC)c(F)c2)s1. The first-order chi connectivity index (χ1) is 10.6. The van der Waals surface area contributed by atoms with E-state index in [0.717, 1.165) is 16.2 Å². The zero-order valence-electron chi connectivity index (χ0n) is 11.8. The number of Topliss-reactive ketones (excluding diaryl/α,β-unsaturated/α-hetero) is 1. The van der Waals surface area contributed by atoms with Crippen molar-refractivity contribution in [3.8, 4) is 5.75 Å². The number of methoxy groups -OCH3 is 1. The third kappa shape index (κ3) is 4.28. The molecule has 0 unspecified atom stereocenters. The minimum Gasteiger partial charge on any atom is -0.494 e. The molecule has 22 heavy (non-hydrogen) atoms. The summed E-state index contributed by atoms with van der Waals surface area (Å²) in [6.07, 6.45) is 1.78. The Morgan fingerprint density at radius 1 is 1.55 bits per heavy atom. The molecule has 0 aliphatic carbocycles. The second-order valence-electron chi connectivity index (χ2n) is 4.10. The largest absolute Gasteiger partial charge is 0.494 e. The second-order valence-corrected chi connectivity index (χ2v) is 6.34. The van der Waals surface area contributed by atoms with Gasteiger partial charge in [0.2, 0.25) is 5.13 Å². The highest BCUT2D eigenvalue weighted by Crippen LogP contribution is 2.25. The van der Waals surface area contributed by atoms with E-state index in [2.05, 4.69) is 22.1 Å². The monoisotopic (exact) mass is 339 g/mol. The molecule has 8 heteroatoms. The molecular weight excluding hydrogens is 325 g/mol. The molecule has 1 aromatic heterocycles. The number of carbonyl (C=O) groups is 1. The van der Waals surface area contributed by atoms with Crippen molar-refractivity contribution >= 4 is 34.0 Å². The van der Waals surface area contributed by atoms with Crippen LogP contribution >= 0.6 is 23.1 Å². The van der Waals surface area contributed by atoms with E-state index in [1.54, 1.807) is 6.08 Å². The third-order valence-electron chi connectivity index (χ3n) is 2.61. The fourth-order valence-corrected chi connectivity index (χ4v) is 3.08. The topological polar surface area (TPSA) is 64.1 Å². The molecule has 5 nitrogen and oxygen atoms in total. The summed E-state index contributed by atoms with van der Waals surface area (Å²) in [6.45, 7) is 3.65. The number of thioether (sulfide) groups is 1. The van der Waals surface area contributed by atoms with Crippen LogP contribution in [0.1, 0.15) is 10.4 Å². The molecule has 0 atom stereocenters. The van der Waals surface area contributed by atoms with E-state index in [-0.39, 0.29) is 23.6 Å². The molecular formula is C14H14FN3O2S2. The van der Waals surface area contributed by atoms with Gasteiger partial charge >= 0.3 is 0 Å². The minimum absolute atomic E-state index is 0.0204. The van der Waals surface area contributed by atoms with Gasteiger partial charge in [0.1, 0.15) is 0 Å². The van der Waals surface area contributed by atoms with Crippen molar-refractivity contribution in [1.29, 1.82) is 0 Å². The number of rotatable bonds is 8. The highest BCUT2D eigenvalue weighted by molar-refractivity contribution is 8.01. The zero-order valence-corrected chi connectivity index (χ0v) is 13.5. The fourth-order valence-electron chi connectivity index (χ4n) is 1.57. The number of benzene rings is 1. The Hall–Kier alpha value is -1.93. The quantitative estimate of drug-likeness (QED) is 0.452. The lowest BCUT2D eigenvalue weighted by molar-refractivity contribution is 0.101. The van der Waals surface area contributed by atoms with Crippen molar-refractivity contribution in [2.24, 2.45) is 0 Å². The smallest absolute Gasteiger partial charge is 0.206 e. The molecule has 2 aromatic rings. The van der Waals surface area contributed by atoms with Crippen LogP contribution in [-0.2, 0) is 0 Å². The lowest BCUT2D eigenvalue weighted by atomic mass is 10.1. The molecule has 0 aliphatic rings. The molecule has 1 heterocycles. The summed E-state index contributed by atoms with van der Waals surface area (Å²) in [5, 5.41) is 11.4. The van der Waals surface area contributed by atoms with Crippen LogP contribution in [0.5, 0.6) is 5.75 Å². The number of ether oxygens (including phenoxy) is 1. The third-order valence-corrected chi connectivity index (χ3v) is 4.62. The normalized spacial score (nSPS) is 10.3. The van der Waals surface area contributed by atoms with Crippen molar-refractivity contribution in [2.45, 2.75) is 4.34 Å². The van der Waals surface area contributed by atoms with Gasteiger partial charge in [0.25, 0.3) is 0 Å². The Bertz CT molecular complexity index is 676. The van der Waals surface area contributed by atoms with E-state index >= 15 is 0 Å². The molecule has 0 saturated heterocycles. The fraction of sp³-hybridized carbons (Fsp3) is 0.214. The van der Waals surface area contributed by atoms with Crippen LogP contribution < -0.4 is 10.1 Å². The maximum absolute atomic E-state index is 13.6. The lowest BCUT2D eigenvalue weighted by Crippen LogP contribution is -2.14. The van der Waals surface area contributed by atoms with E-state index in [0.29, 0.717) is 5.13 Å². The zero-order chi connectivity index (χ0) is 15.9. The molecule has 0 amide bonds. The van der Waals surface area contributed by atoms with Gasteiger partial charge in [0, 0.05) is 11.3 Å². The first-order valence-electron chi connectivity index (χ1n) is 6.32. The van der Waals surface area contributed by atoms with E-state index in [1.165, 1.54) is 42.3 Å². The first kappa shape index (κ1) is 16.4. The Morgan fingerprint density at radius 3 is 3.05 bits per heavy atom. The summed E-state index contributed by atoms with van der Waals surface area (Å²) in [4.78, 5) is 12.0. The van der Waals surface area contributed by atoms with Gasteiger partial charge in [-0.05, 0) is 18.2 Å². The van der Waals surface area contributed by atoms with Crippen LogP contribution in [-0.4, -0.2) is 35.4 Å². The summed E-state index contributed by atoms with van der Waals surface area (Å²) < 4.78 is 19.2. The molecule has 0 spiro atoms. The van der Waals surface area contributed by atoms with Crippen molar-refractivity contribution in [1.82, 2.24) is 10.2 Å². The number of hydrogen-bond donors (Lipinski definition) is 1. The van der Waals surface area contributed by atoms with Crippen molar-refractivity contribution in [3.63, 3.8) is 0 Å². The van der Waals surface area contributed by atoms with Crippen LogP contribution in [0.4, 0.5) is 9.52 Å². The van der Waals surface area contributed by atoms with Crippen LogP contribution in [0.25, 0.3) is 0 Å². The predicted octanol–water partition coefficient (Wildman–Crippen LogP) is 3.26. The molecule has 0 fully saturated rings. The summed E-state index contributed by atoms with van der Waals surface area (Å²) in [5.41, 5.74) is 0.275. The predicted molar refractivity (Wildman–Crippen MR) is 86.6 cm³/mol. The van der Waals surface area contributed by atoms with E-state index in [1.807, 2.05) is 0 Å². The molecule has 0 aliphatic heterocycles. The van der Waals surface area contributed by atoms with Gasteiger partial charge in [-0.25, -0.2) is 4.39 Å². The molecule has 1 aromatic carbocycles. The summed E-state index contributed by atoms with van der Waals surface area (Å²) in [5.74, 6) is 0.0561. The van der Waals surface area contributed by atoms with Gasteiger partial charge in [-0.3, -0.25) is 4.79 Å². The van der Waals surface area contributed by atoms with Crippen molar-refractivity contribution in [2.75, 3.05) is 24.7 Å². The van der Waals surface area contributed by atoms with Crippen molar-refractivity contribution < 1.29 is 13.9 Å². The molecule has 0 bridgehead atoms. The van der Waals surface area contributed by atoms with Crippen LogP contribution in [0.15, 0.2) is 35.2 Å². The Morgan fingerprint density at radius 2 is 2.36 bits per heavy atom.